The average Bonchev–Trinajstić information content (AvgIpc) is 3.21. The van der Waals surface area contributed by atoms with Crippen molar-refractivity contribution in [2.75, 3.05) is 21.3 Å². The first kappa shape index (κ1) is 21.5. The second kappa shape index (κ2) is 7.58. The van der Waals surface area contributed by atoms with Crippen molar-refractivity contribution in [2.24, 2.45) is 0 Å². The van der Waals surface area contributed by atoms with Crippen LogP contribution in [-0.4, -0.2) is 50.6 Å². The number of carbonyl (C=O) groups excluding carboxylic acids is 3. The summed E-state index contributed by atoms with van der Waals surface area (Å²) in [7, 11) is 3.38. The molecule has 0 fully saturated rings. The van der Waals surface area contributed by atoms with Crippen molar-refractivity contribution in [1.82, 2.24) is 0 Å². The Balaban J connectivity index is 2.25. The van der Waals surface area contributed by atoms with E-state index in [4.69, 9.17) is 23.7 Å². The maximum absolute atomic E-state index is 12.6. The zero-order valence-corrected chi connectivity index (χ0v) is 19.0. The lowest BCUT2D eigenvalue weighted by Crippen LogP contribution is -2.43. The number of aryl methyl sites for hydroxylation is 1. The molecule has 154 valence electrons. The van der Waals surface area contributed by atoms with E-state index in [9.17, 15) is 14.4 Å². The monoisotopic (exact) mass is 530 g/mol. The van der Waals surface area contributed by atoms with Crippen LogP contribution in [0.1, 0.15) is 5.56 Å². The van der Waals surface area contributed by atoms with Crippen molar-refractivity contribution in [2.45, 2.75) is 18.3 Å². The Morgan fingerprint density at radius 2 is 1.45 bits per heavy atom. The van der Waals surface area contributed by atoms with Crippen molar-refractivity contribution in [3.63, 3.8) is 0 Å². The average molecular weight is 532 g/mol. The quantitative estimate of drug-likeness (QED) is 0.325. The van der Waals surface area contributed by atoms with E-state index in [1.807, 2.05) is 6.92 Å². The molecule has 29 heavy (non-hydrogen) atoms. The van der Waals surface area contributed by atoms with Crippen molar-refractivity contribution < 1.29 is 38.1 Å². The van der Waals surface area contributed by atoms with Gasteiger partial charge in [-0.05, 0) is 68.6 Å². The molecule has 1 aromatic carbocycles. The van der Waals surface area contributed by atoms with E-state index in [1.165, 1.54) is 12.2 Å². The van der Waals surface area contributed by atoms with Gasteiger partial charge in [-0.25, -0.2) is 14.4 Å². The molecule has 2 atom stereocenters. The van der Waals surface area contributed by atoms with E-state index in [0.717, 1.165) is 26.9 Å². The number of halogens is 2. The van der Waals surface area contributed by atoms with Gasteiger partial charge in [-0.2, -0.15) is 0 Å². The Morgan fingerprint density at radius 3 is 1.97 bits per heavy atom. The van der Waals surface area contributed by atoms with Gasteiger partial charge in [0.2, 0.25) is 5.60 Å². The minimum Gasteiger partial charge on any atom is -0.466 e. The van der Waals surface area contributed by atoms with Crippen LogP contribution in [-0.2, 0) is 33.3 Å². The number of esters is 3. The van der Waals surface area contributed by atoms with Crippen LogP contribution in [0.4, 0.5) is 0 Å². The summed E-state index contributed by atoms with van der Waals surface area (Å²) in [5.74, 6) is -4.41. The first-order valence-corrected chi connectivity index (χ1v) is 9.80. The number of carbonyl (C=O) groups is 3. The molecule has 2 aliphatic heterocycles. The summed E-state index contributed by atoms with van der Waals surface area (Å²) >= 11 is 6.82. The van der Waals surface area contributed by atoms with E-state index < -0.39 is 29.3 Å². The number of benzene rings is 1. The zero-order chi connectivity index (χ0) is 21.6. The molecule has 0 saturated heterocycles. The van der Waals surface area contributed by atoms with Crippen LogP contribution < -0.4 is 4.74 Å². The Kier molecular flexibility index (Phi) is 5.63. The lowest BCUT2D eigenvalue weighted by molar-refractivity contribution is -0.182. The zero-order valence-electron chi connectivity index (χ0n) is 15.8. The highest BCUT2D eigenvalue weighted by Gasteiger charge is 2.68. The normalized spacial score (nSPS) is 24.5. The van der Waals surface area contributed by atoms with Crippen molar-refractivity contribution in [3.8, 4) is 5.75 Å². The summed E-state index contributed by atoms with van der Waals surface area (Å²) < 4.78 is 27.5. The third-order valence-electron chi connectivity index (χ3n) is 4.48. The molecule has 0 radical (unpaired) electrons. The standard InChI is InChI=1S/C19H16Br2O8/c1-9-7-10(20)14(11(21)8-9)28-19-6-5-18(29-19,17(24)27-4)12(15(22)25-2)13(19)16(23)26-3/h5-8H,1-4H3. The molecule has 0 N–H and O–H groups in total. The lowest BCUT2D eigenvalue weighted by Gasteiger charge is -2.28. The molecule has 0 spiro atoms. The number of hydrogen-bond donors (Lipinski definition) is 0. The summed E-state index contributed by atoms with van der Waals surface area (Å²) in [6.07, 6.45) is 2.66. The molecule has 0 aromatic heterocycles. The van der Waals surface area contributed by atoms with E-state index in [-0.39, 0.29) is 16.9 Å². The smallest absolute Gasteiger partial charge is 0.347 e. The number of ether oxygens (including phenoxy) is 5. The topological polar surface area (TPSA) is 97.4 Å². The molecule has 10 heteroatoms. The maximum Gasteiger partial charge on any atom is 0.347 e. The molecule has 0 saturated carbocycles. The van der Waals surface area contributed by atoms with Gasteiger partial charge in [-0.1, -0.05) is 0 Å². The molecule has 2 aliphatic rings. The second-order valence-corrected chi connectivity index (χ2v) is 7.93. The molecule has 0 aliphatic carbocycles. The summed E-state index contributed by atoms with van der Waals surface area (Å²) in [6, 6.07) is 3.58. The molecule has 2 heterocycles. The minimum absolute atomic E-state index is 0.286. The molecule has 3 rings (SSSR count). The summed E-state index contributed by atoms with van der Waals surface area (Å²) in [5, 5.41) is 0. The number of rotatable bonds is 5. The first-order chi connectivity index (χ1) is 13.7. The molecular weight excluding hydrogens is 516 g/mol. The van der Waals surface area contributed by atoms with Gasteiger partial charge >= 0.3 is 17.9 Å². The van der Waals surface area contributed by atoms with Crippen LogP contribution in [0, 0.1) is 6.92 Å². The third-order valence-corrected chi connectivity index (χ3v) is 5.66. The van der Waals surface area contributed by atoms with Gasteiger partial charge < -0.3 is 23.7 Å². The number of fused-ring (bicyclic) bond motifs is 2. The second-order valence-electron chi connectivity index (χ2n) is 6.22. The fourth-order valence-corrected chi connectivity index (χ4v) is 4.85. The minimum atomic E-state index is -2.00. The fraction of sp³-hybridized carbons (Fsp3) is 0.316. The predicted octanol–water partition coefficient (Wildman–Crippen LogP) is 2.75. The number of hydrogen-bond acceptors (Lipinski definition) is 8. The van der Waals surface area contributed by atoms with Gasteiger partial charge in [0.05, 0.1) is 30.3 Å². The first-order valence-electron chi connectivity index (χ1n) is 8.21. The van der Waals surface area contributed by atoms with Crippen LogP contribution in [0.3, 0.4) is 0 Å². The molecule has 1 aromatic rings. The van der Waals surface area contributed by atoms with E-state index in [1.54, 1.807) is 12.1 Å². The Morgan fingerprint density at radius 1 is 0.897 bits per heavy atom. The maximum atomic E-state index is 12.6. The summed E-state index contributed by atoms with van der Waals surface area (Å²) in [6.45, 7) is 1.89. The lowest BCUT2D eigenvalue weighted by atomic mass is 9.85. The van der Waals surface area contributed by atoms with Gasteiger partial charge in [0, 0.05) is 0 Å². The van der Waals surface area contributed by atoms with Gasteiger partial charge in [0.25, 0.3) is 5.79 Å². The van der Waals surface area contributed by atoms with Crippen LogP contribution in [0.25, 0.3) is 0 Å². The number of methoxy groups -OCH3 is 3. The molecule has 2 bridgehead atoms. The Labute approximate surface area is 183 Å². The Bertz CT molecular complexity index is 959. The highest BCUT2D eigenvalue weighted by atomic mass is 79.9. The summed E-state index contributed by atoms with van der Waals surface area (Å²) in [4.78, 5) is 37.8. The van der Waals surface area contributed by atoms with Crippen LogP contribution in [0.15, 0.2) is 44.4 Å². The molecule has 0 amide bonds. The SMILES string of the molecule is COC(=O)C1=C(C(=O)OC)C2(C(=O)OC)C=CC1(Oc1c(Br)cc(C)cc1Br)O2. The van der Waals surface area contributed by atoms with Crippen LogP contribution in [0.2, 0.25) is 0 Å². The Hall–Kier alpha value is -2.17. The van der Waals surface area contributed by atoms with Crippen LogP contribution in [0.5, 0.6) is 5.75 Å². The van der Waals surface area contributed by atoms with Gasteiger partial charge in [0.15, 0.2) is 5.75 Å². The van der Waals surface area contributed by atoms with Gasteiger partial charge in [0.1, 0.15) is 11.1 Å². The molecule has 2 unspecified atom stereocenters. The van der Waals surface area contributed by atoms with E-state index in [2.05, 4.69) is 31.9 Å². The van der Waals surface area contributed by atoms with Crippen molar-refractivity contribution in [1.29, 1.82) is 0 Å². The highest BCUT2D eigenvalue weighted by Crippen LogP contribution is 2.53. The fourth-order valence-electron chi connectivity index (χ4n) is 3.27. The summed E-state index contributed by atoms with van der Waals surface area (Å²) in [5.41, 5.74) is -1.74. The van der Waals surface area contributed by atoms with E-state index >= 15 is 0 Å². The highest BCUT2D eigenvalue weighted by molar-refractivity contribution is 9.11. The van der Waals surface area contributed by atoms with Gasteiger partial charge in [-0.15, -0.1) is 0 Å². The molecule has 8 nitrogen and oxygen atoms in total. The van der Waals surface area contributed by atoms with Crippen LogP contribution >= 0.6 is 31.9 Å². The third kappa shape index (κ3) is 3.19. The van der Waals surface area contributed by atoms with Crippen molar-refractivity contribution in [3.05, 3.63) is 49.9 Å². The van der Waals surface area contributed by atoms with Gasteiger partial charge in [-0.3, -0.25) is 0 Å². The van der Waals surface area contributed by atoms with E-state index in [0.29, 0.717) is 8.95 Å². The largest absolute Gasteiger partial charge is 0.466 e. The predicted molar refractivity (Wildman–Crippen MR) is 106 cm³/mol. The van der Waals surface area contributed by atoms with Crippen molar-refractivity contribution >= 4 is 49.8 Å². The molecular formula is C19H16Br2O8.